The molecule has 1 saturated carbocycles. The van der Waals surface area contributed by atoms with E-state index in [0.717, 1.165) is 31.0 Å². The average molecular weight is 329 g/mol. The maximum Gasteiger partial charge on any atom is 0.226 e. The van der Waals surface area contributed by atoms with Gasteiger partial charge in [-0.25, -0.2) is 0 Å². The highest BCUT2D eigenvalue weighted by Gasteiger charge is 2.31. The van der Waals surface area contributed by atoms with E-state index in [1.165, 1.54) is 12.8 Å². The Balaban J connectivity index is 1.32. The summed E-state index contributed by atoms with van der Waals surface area (Å²) in [5, 5.41) is 11.5. The van der Waals surface area contributed by atoms with Gasteiger partial charge in [-0.2, -0.15) is 5.10 Å². The van der Waals surface area contributed by atoms with Gasteiger partial charge in [0.15, 0.2) is 5.82 Å². The molecule has 1 N–H and O–H groups in total. The molecule has 3 fully saturated rings. The number of rotatable bonds is 3. The summed E-state index contributed by atoms with van der Waals surface area (Å²) in [4.78, 5) is 28.1. The lowest BCUT2D eigenvalue weighted by molar-refractivity contribution is -0.140. The zero-order chi connectivity index (χ0) is 16.5. The van der Waals surface area contributed by atoms with Crippen molar-refractivity contribution in [2.45, 2.75) is 31.6 Å². The Hall–Kier alpha value is -2.18. The number of aromatic nitrogens is 2. The second-order valence-electron chi connectivity index (χ2n) is 6.94. The summed E-state index contributed by atoms with van der Waals surface area (Å²) in [5.74, 6) is 1.48. The van der Waals surface area contributed by atoms with Crippen LogP contribution in [0.1, 0.15) is 37.3 Å². The van der Waals surface area contributed by atoms with Crippen LogP contribution in [0.15, 0.2) is 12.1 Å². The molecule has 1 atom stereocenters. The van der Waals surface area contributed by atoms with Gasteiger partial charge in [-0.05, 0) is 31.4 Å². The molecule has 2 saturated heterocycles. The molecule has 0 radical (unpaired) electrons. The monoisotopic (exact) mass is 329 g/mol. The van der Waals surface area contributed by atoms with Gasteiger partial charge in [-0.3, -0.25) is 9.59 Å². The number of piperazine rings is 1. The van der Waals surface area contributed by atoms with E-state index in [1.807, 2.05) is 11.0 Å². The van der Waals surface area contributed by atoms with Crippen LogP contribution in [0.5, 0.6) is 0 Å². The van der Waals surface area contributed by atoms with E-state index in [1.54, 1.807) is 0 Å². The third-order valence-corrected chi connectivity index (χ3v) is 5.18. The molecule has 2 aliphatic heterocycles. The predicted molar refractivity (Wildman–Crippen MR) is 88.5 cm³/mol. The van der Waals surface area contributed by atoms with Crippen LogP contribution < -0.4 is 10.2 Å². The molecule has 24 heavy (non-hydrogen) atoms. The molecule has 4 rings (SSSR count). The number of hydrogen-bond acceptors (Lipinski definition) is 5. The van der Waals surface area contributed by atoms with Crippen LogP contribution in [-0.2, 0) is 9.59 Å². The fraction of sp³-hybridized carbons (Fsp3) is 0.647. The molecule has 0 bridgehead atoms. The van der Waals surface area contributed by atoms with Crippen molar-refractivity contribution in [2.75, 3.05) is 37.6 Å². The van der Waals surface area contributed by atoms with Crippen molar-refractivity contribution in [3.05, 3.63) is 17.8 Å². The Kier molecular flexibility index (Phi) is 4.08. The molecule has 1 aliphatic carbocycles. The Labute approximate surface area is 141 Å². The molecule has 2 amide bonds. The zero-order valence-electron chi connectivity index (χ0n) is 13.8. The van der Waals surface area contributed by atoms with Crippen molar-refractivity contribution in [1.82, 2.24) is 20.4 Å². The van der Waals surface area contributed by atoms with Crippen molar-refractivity contribution >= 4 is 17.6 Å². The fourth-order valence-corrected chi connectivity index (χ4v) is 3.51. The lowest BCUT2D eigenvalue weighted by atomic mass is 9.95. The van der Waals surface area contributed by atoms with E-state index in [9.17, 15) is 9.59 Å². The van der Waals surface area contributed by atoms with E-state index in [-0.39, 0.29) is 17.7 Å². The van der Waals surface area contributed by atoms with Crippen LogP contribution in [0.4, 0.5) is 5.82 Å². The first kappa shape index (κ1) is 15.4. The van der Waals surface area contributed by atoms with Crippen molar-refractivity contribution in [2.24, 2.45) is 5.92 Å². The third kappa shape index (κ3) is 3.20. The molecular weight excluding hydrogens is 306 g/mol. The third-order valence-electron chi connectivity index (χ3n) is 5.18. The number of anilines is 1. The molecular formula is C17H23N5O2. The zero-order valence-corrected chi connectivity index (χ0v) is 13.8. The highest BCUT2D eigenvalue weighted by Crippen LogP contribution is 2.38. The summed E-state index contributed by atoms with van der Waals surface area (Å²) < 4.78 is 0. The van der Waals surface area contributed by atoms with E-state index < -0.39 is 0 Å². The minimum Gasteiger partial charge on any atom is -0.356 e. The minimum absolute atomic E-state index is 0.00994. The molecule has 0 aromatic carbocycles. The summed E-state index contributed by atoms with van der Waals surface area (Å²) >= 11 is 0. The van der Waals surface area contributed by atoms with Gasteiger partial charge >= 0.3 is 0 Å². The fourth-order valence-electron chi connectivity index (χ4n) is 3.51. The Bertz CT molecular complexity index is 620. The van der Waals surface area contributed by atoms with Crippen molar-refractivity contribution in [3.8, 4) is 0 Å². The van der Waals surface area contributed by atoms with Crippen LogP contribution in [0, 0.1) is 5.92 Å². The lowest BCUT2D eigenvalue weighted by Crippen LogP contribution is -2.52. The van der Waals surface area contributed by atoms with Crippen LogP contribution >= 0.6 is 0 Å². The first-order chi connectivity index (χ1) is 11.7. The first-order valence-corrected chi connectivity index (χ1v) is 8.85. The number of hydrogen-bond donors (Lipinski definition) is 1. The van der Waals surface area contributed by atoms with Gasteiger partial charge in [-0.1, -0.05) is 0 Å². The first-order valence-electron chi connectivity index (χ1n) is 8.85. The molecule has 3 aliphatic rings. The van der Waals surface area contributed by atoms with Gasteiger partial charge in [0, 0.05) is 51.0 Å². The summed E-state index contributed by atoms with van der Waals surface area (Å²) in [7, 11) is 0. The van der Waals surface area contributed by atoms with Crippen LogP contribution in [0.3, 0.4) is 0 Å². The summed E-state index contributed by atoms with van der Waals surface area (Å²) in [6.07, 6.45) is 3.54. The number of carbonyl (C=O) groups is 2. The van der Waals surface area contributed by atoms with Crippen LogP contribution in [0.2, 0.25) is 0 Å². The highest BCUT2D eigenvalue weighted by molar-refractivity contribution is 5.87. The smallest absolute Gasteiger partial charge is 0.226 e. The molecule has 7 heteroatoms. The molecule has 128 valence electrons. The topological polar surface area (TPSA) is 78.4 Å². The predicted octanol–water partition coefficient (Wildman–Crippen LogP) is 0.529. The normalized spacial score (nSPS) is 24.7. The van der Waals surface area contributed by atoms with Crippen LogP contribution in [-0.4, -0.2) is 59.6 Å². The second-order valence-corrected chi connectivity index (χ2v) is 6.94. The van der Waals surface area contributed by atoms with Gasteiger partial charge in [0.2, 0.25) is 11.8 Å². The number of carbonyl (C=O) groups excluding carboxylic acids is 2. The van der Waals surface area contributed by atoms with Gasteiger partial charge in [0.05, 0.1) is 5.69 Å². The van der Waals surface area contributed by atoms with E-state index >= 15 is 0 Å². The largest absolute Gasteiger partial charge is 0.356 e. The van der Waals surface area contributed by atoms with Crippen LogP contribution in [0.25, 0.3) is 0 Å². The Morgan fingerprint density at radius 1 is 1.08 bits per heavy atom. The molecule has 0 spiro atoms. The van der Waals surface area contributed by atoms with Gasteiger partial charge in [0.25, 0.3) is 0 Å². The molecule has 7 nitrogen and oxygen atoms in total. The van der Waals surface area contributed by atoms with E-state index in [2.05, 4.69) is 26.5 Å². The van der Waals surface area contributed by atoms with Crippen molar-refractivity contribution in [3.63, 3.8) is 0 Å². The standard InChI is InChI=1S/C17H23N5O2/c23-16-11-13(5-6-18-16)17(24)22-9-7-21(8-10-22)15-4-3-14(19-20-15)12-1-2-12/h3-4,12-13H,1-2,5-11H2,(H,18,23). The molecule has 3 heterocycles. The number of nitrogens with one attached hydrogen (secondary N) is 1. The maximum atomic E-state index is 12.6. The van der Waals surface area contributed by atoms with Gasteiger partial charge < -0.3 is 15.1 Å². The summed E-state index contributed by atoms with van der Waals surface area (Å²) in [6.45, 7) is 3.51. The average Bonchev–Trinajstić information content (AvgIpc) is 3.47. The second kappa shape index (κ2) is 6.37. The van der Waals surface area contributed by atoms with E-state index in [0.29, 0.717) is 32.0 Å². The lowest BCUT2D eigenvalue weighted by Gasteiger charge is -2.37. The van der Waals surface area contributed by atoms with Gasteiger partial charge in [-0.15, -0.1) is 5.10 Å². The van der Waals surface area contributed by atoms with Gasteiger partial charge in [0.1, 0.15) is 0 Å². The Morgan fingerprint density at radius 2 is 1.88 bits per heavy atom. The summed E-state index contributed by atoms with van der Waals surface area (Å²) in [6, 6.07) is 4.13. The van der Waals surface area contributed by atoms with E-state index in [4.69, 9.17) is 0 Å². The Morgan fingerprint density at radius 3 is 2.50 bits per heavy atom. The van der Waals surface area contributed by atoms with Crippen molar-refractivity contribution in [1.29, 1.82) is 0 Å². The molecule has 1 aromatic heterocycles. The maximum absolute atomic E-state index is 12.6. The number of nitrogens with zero attached hydrogens (tertiary/aromatic N) is 4. The molecule has 1 unspecified atom stereocenters. The molecule has 1 aromatic rings. The quantitative estimate of drug-likeness (QED) is 0.875. The number of amides is 2. The van der Waals surface area contributed by atoms with Crippen molar-refractivity contribution < 1.29 is 9.59 Å². The SMILES string of the molecule is O=C1CC(C(=O)N2CCN(c3ccc(C4CC4)nn3)CC2)CCN1. The highest BCUT2D eigenvalue weighted by atomic mass is 16.2. The minimum atomic E-state index is -0.150. The summed E-state index contributed by atoms with van der Waals surface area (Å²) in [5.41, 5.74) is 1.10. The number of piperidine rings is 1.